The van der Waals surface area contributed by atoms with E-state index in [9.17, 15) is 18.4 Å². The fourth-order valence-electron chi connectivity index (χ4n) is 2.21. The maximum Gasteiger partial charge on any atom is 0.387 e. The molecule has 0 saturated carbocycles. The molecule has 0 radical (unpaired) electrons. The number of halogens is 3. The van der Waals surface area contributed by atoms with Crippen molar-refractivity contribution in [2.45, 2.75) is 13.2 Å². The molecule has 2 rings (SSSR count). The number of ether oxygens (including phenoxy) is 1. The van der Waals surface area contributed by atoms with Gasteiger partial charge >= 0.3 is 6.61 Å². The minimum absolute atomic E-state index is 0.0611. The molecule has 0 spiro atoms. The van der Waals surface area contributed by atoms with Crippen LogP contribution in [0.4, 0.5) is 8.78 Å². The van der Waals surface area contributed by atoms with Gasteiger partial charge in [-0.25, -0.2) is 0 Å². The van der Waals surface area contributed by atoms with Crippen molar-refractivity contribution in [3.63, 3.8) is 0 Å². The summed E-state index contributed by atoms with van der Waals surface area (Å²) in [5, 5.41) is 2.43. The summed E-state index contributed by atoms with van der Waals surface area (Å²) in [6.45, 7) is -2.94. The molecule has 0 aliphatic heterocycles. The van der Waals surface area contributed by atoms with E-state index in [-0.39, 0.29) is 23.8 Å². The van der Waals surface area contributed by atoms with Gasteiger partial charge in [-0.2, -0.15) is 8.78 Å². The minimum atomic E-state index is -3.04. The van der Waals surface area contributed by atoms with Crippen LogP contribution in [-0.4, -0.2) is 36.9 Å². The van der Waals surface area contributed by atoms with Crippen molar-refractivity contribution in [1.29, 1.82) is 0 Å². The molecule has 0 atom stereocenters. The van der Waals surface area contributed by atoms with Gasteiger partial charge in [-0.1, -0.05) is 46.3 Å². The Kier molecular flexibility index (Phi) is 7.08. The van der Waals surface area contributed by atoms with E-state index in [2.05, 4.69) is 26.0 Å². The predicted octanol–water partition coefficient (Wildman–Crippen LogP) is 3.44. The molecule has 138 valence electrons. The van der Waals surface area contributed by atoms with E-state index in [1.165, 1.54) is 29.2 Å². The van der Waals surface area contributed by atoms with Gasteiger partial charge in [0, 0.05) is 18.1 Å². The van der Waals surface area contributed by atoms with Crippen LogP contribution in [0.5, 0.6) is 5.75 Å². The van der Waals surface area contributed by atoms with Gasteiger partial charge in [-0.15, -0.1) is 0 Å². The molecule has 2 aromatic carbocycles. The van der Waals surface area contributed by atoms with Crippen molar-refractivity contribution < 1.29 is 23.1 Å². The lowest BCUT2D eigenvalue weighted by Crippen LogP contribution is -2.38. The number of carbonyl (C=O) groups excluding carboxylic acids is 2. The Bertz CT molecular complexity index is 787. The van der Waals surface area contributed by atoms with Gasteiger partial charge in [0.15, 0.2) is 0 Å². The number of nitrogens with one attached hydrogen (secondary N) is 1. The molecule has 2 aromatic rings. The number of carbonyl (C=O) groups is 2. The van der Waals surface area contributed by atoms with Crippen LogP contribution >= 0.6 is 15.9 Å². The van der Waals surface area contributed by atoms with Crippen molar-refractivity contribution >= 4 is 27.7 Å². The summed E-state index contributed by atoms with van der Waals surface area (Å²) in [7, 11) is 1.61. The summed E-state index contributed by atoms with van der Waals surface area (Å²) in [4.78, 5) is 25.8. The molecule has 5 nitrogen and oxygen atoms in total. The first-order valence-electron chi connectivity index (χ1n) is 7.68. The maximum absolute atomic E-state index is 12.4. The molecule has 0 bridgehead atoms. The van der Waals surface area contributed by atoms with Crippen LogP contribution in [0.3, 0.4) is 0 Å². The van der Waals surface area contributed by atoms with Gasteiger partial charge in [0.1, 0.15) is 5.75 Å². The standard InChI is InChI=1S/C18H17BrF2N2O3/c1-23(11-12-6-2-4-8-14(12)19)16(24)10-22-17(25)13-7-3-5-9-15(13)26-18(20)21/h2-9,18H,10-11H2,1H3,(H,22,25). The minimum Gasteiger partial charge on any atom is -0.434 e. The van der Waals surface area contributed by atoms with Gasteiger partial charge in [-0.05, 0) is 23.8 Å². The molecule has 0 aromatic heterocycles. The molecule has 0 fully saturated rings. The first-order valence-corrected chi connectivity index (χ1v) is 8.47. The summed E-state index contributed by atoms with van der Waals surface area (Å²) in [6.07, 6.45) is 0. The van der Waals surface area contributed by atoms with Crippen molar-refractivity contribution in [2.24, 2.45) is 0 Å². The Labute approximate surface area is 158 Å². The van der Waals surface area contributed by atoms with E-state index in [4.69, 9.17) is 0 Å². The summed E-state index contributed by atoms with van der Waals surface area (Å²) in [5.74, 6) is -1.22. The fraction of sp³-hybridized carbons (Fsp3) is 0.222. The van der Waals surface area contributed by atoms with Crippen LogP contribution < -0.4 is 10.1 Å². The number of para-hydroxylation sites is 1. The highest BCUT2D eigenvalue weighted by Gasteiger charge is 2.17. The second-order valence-corrected chi connectivity index (χ2v) is 6.25. The van der Waals surface area contributed by atoms with Gasteiger partial charge in [0.05, 0.1) is 12.1 Å². The van der Waals surface area contributed by atoms with Crippen molar-refractivity contribution in [3.05, 3.63) is 64.1 Å². The van der Waals surface area contributed by atoms with Crippen LogP contribution in [0.15, 0.2) is 53.0 Å². The highest BCUT2D eigenvalue weighted by Crippen LogP contribution is 2.20. The number of amides is 2. The summed E-state index contributed by atoms with van der Waals surface area (Å²) >= 11 is 3.41. The lowest BCUT2D eigenvalue weighted by molar-refractivity contribution is -0.129. The third-order valence-electron chi connectivity index (χ3n) is 3.54. The van der Waals surface area contributed by atoms with Crippen molar-refractivity contribution in [3.8, 4) is 5.75 Å². The largest absolute Gasteiger partial charge is 0.434 e. The fourth-order valence-corrected chi connectivity index (χ4v) is 2.62. The van der Waals surface area contributed by atoms with E-state index in [0.29, 0.717) is 6.54 Å². The van der Waals surface area contributed by atoms with Crippen LogP contribution in [0.25, 0.3) is 0 Å². The SMILES string of the molecule is CN(Cc1ccccc1Br)C(=O)CNC(=O)c1ccccc1OC(F)F. The molecule has 0 unspecified atom stereocenters. The Morgan fingerprint density at radius 1 is 1.15 bits per heavy atom. The lowest BCUT2D eigenvalue weighted by Gasteiger charge is -2.18. The van der Waals surface area contributed by atoms with Crippen LogP contribution in [0, 0.1) is 0 Å². The second-order valence-electron chi connectivity index (χ2n) is 5.40. The molecule has 26 heavy (non-hydrogen) atoms. The zero-order chi connectivity index (χ0) is 19.1. The Morgan fingerprint density at radius 2 is 1.81 bits per heavy atom. The van der Waals surface area contributed by atoms with Crippen LogP contribution in [-0.2, 0) is 11.3 Å². The summed E-state index contributed by atoms with van der Waals surface area (Å²) in [6, 6.07) is 13.1. The number of hydrogen-bond donors (Lipinski definition) is 1. The lowest BCUT2D eigenvalue weighted by atomic mass is 10.2. The molecule has 0 saturated heterocycles. The average Bonchev–Trinajstić information content (AvgIpc) is 2.61. The molecular weight excluding hydrogens is 410 g/mol. The van der Waals surface area contributed by atoms with E-state index in [0.717, 1.165) is 10.0 Å². The predicted molar refractivity (Wildman–Crippen MR) is 96.0 cm³/mol. The van der Waals surface area contributed by atoms with Crippen molar-refractivity contribution in [1.82, 2.24) is 10.2 Å². The second kappa shape index (κ2) is 9.28. The smallest absolute Gasteiger partial charge is 0.387 e. The monoisotopic (exact) mass is 426 g/mol. The highest BCUT2D eigenvalue weighted by atomic mass is 79.9. The van der Waals surface area contributed by atoms with Gasteiger partial charge in [0.2, 0.25) is 5.91 Å². The number of nitrogens with zero attached hydrogens (tertiary/aromatic N) is 1. The van der Waals surface area contributed by atoms with Crippen LogP contribution in [0.2, 0.25) is 0 Å². The number of rotatable bonds is 7. The molecule has 2 amide bonds. The normalized spacial score (nSPS) is 10.5. The molecule has 1 N–H and O–H groups in total. The molecule has 0 heterocycles. The Hall–Kier alpha value is -2.48. The average molecular weight is 427 g/mol. The Morgan fingerprint density at radius 3 is 2.50 bits per heavy atom. The maximum atomic E-state index is 12.4. The van der Waals surface area contributed by atoms with Gasteiger partial charge in [0.25, 0.3) is 5.91 Å². The number of hydrogen-bond acceptors (Lipinski definition) is 3. The third kappa shape index (κ3) is 5.52. The van der Waals surface area contributed by atoms with Crippen LogP contribution in [0.1, 0.15) is 15.9 Å². The molecule has 0 aliphatic rings. The number of benzene rings is 2. The zero-order valence-electron chi connectivity index (χ0n) is 13.9. The quantitative estimate of drug-likeness (QED) is 0.737. The zero-order valence-corrected chi connectivity index (χ0v) is 15.5. The highest BCUT2D eigenvalue weighted by molar-refractivity contribution is 9.10. The third-order valence-corrected chi connectivity index (χ3v) is 4.31. The molecule has 8 heteroatoms. The van der Waals surface area contributed by atoms with Crippen molar-refractivity contribution in [2.75, 3.05) is 13.6 Å². The van der Waals surface area contributed by atoms with E-state index in [1.54, 1.807) is 7.05 Å². The van der Waals surface area contributed by atoms with Gasteiger partial charge < -0.3 is 15.0 Å². The number of alkyl halides is 2. The molecule has 0 aliphatic carbocycles. The van der Waals surface area contributed by atoms with E-state index < -0.39 is 12.5 Å². The topological polar surface area (TPSA) is 58.6 Å². The van der Waals surface area contributed by atoms with E-state index >= 15 is 0 Å². The molecular formula is C18H17BrF2N2O3. The number of likely N-dealkylation sites (N-methyl/N-ethyl adjacent to an activating group) is 1. The first kappa shape index (κ1) is 19.8. The summed E-state index contributed by atoms with van der Waals surface area (Å²) in [5.41, 5.74) is 0.861. The van der Waals surface area contributed by atoms with Gasteiger partial charge in [-0.3, -0.25) is 9.59 Å². The Balaban J connectivity index is 1.95. The summed E-state index contributed by atoms with van der Waals surface area (Å²) < 4.78 is 30.0. The first-order chi connectivity index (χ1) is 12.4. The van der Waals surface area contributed by atoms with E-state index in [1.807, 2.05) is 24.3 Å².